The molecule has 0 saturated heterocycles. The number of aldehydes is 1. The van der Waals surface area contributed by atoms with Crippen LogP contribution in [0.25, 0.3) is 22.3 Å². The highest BCUT2D eigenvalue weighted by Gasteiger charge is 2.07. The zero-order chi connectivity index (χ0) is 13.4. The lowest BCUT2D eigenvalue weighted by atomic mass is 10.1. The van der Waals surface area contributed by atoms with Gasteiger partial charge in [-0.15, -0.1) is 0 Å². The van der Waals surface area contributed by atoms with Gasteiger partial charge < -0.3 is 4.57 Å². The van der Waals surface area contributed by atoms with Gasteiger partial charge in [0.15, 0.2) is 12.1 Å². The van der Waals surface area contributed by atoms with E-state index >= 15 is 0 Å². The van der Waals surface area contributed by atoms with Crippen molar-refractivity contribution < 1.29 is 4.79 Å². The summed E-state index contributed by atoms with van der Waals surface area (Å²) < 4.78 is 1.96. The van der Waals surface area contributed by atoms with E-state index in [0.717, 1.165) is 28.0 Å². The quantitative estimate of drug-likeness (QED) is 0.656. The second-order valence-corrected chi connectivity index (χ2v) is 4.43. The predicted molar refractivity (Wildman–Crippen MR) is 71.9 cm³/mol. The summed E-state index contributed by atoms with van der Waals surface area (Å²) in [5.74, 6) is 0.205. The Labute approximate surface area is 110 Å². The largest absolute Gasteiger partial charge is 0.334 e. The van der Waals surface area contributed by atoms with Crippen LogP contribution >= 0.6 is 0 Å². The molecule has 0 fully saturated rings. The molecule has 5 nitrogen and oxygen atoms in total. The second kappa shape index (κ2) is 4.28. The summed E-state index contributed by atoms with van der Waals surface area (Å²) in [6, 6.07) is 7.79. The number of nitrogens with zero attached hydrogens (tertiary/aromatic N) is 4. The van der Waals surface area contributed by atoms with Gasteiger partial charge in [-0.2, -0.15) is 0 Å². The predicted octanol–water partition coefficient (Wildman–Crippen LogP) is 2.15. The van der Waals surface area contributed by atoms with E-state index in [0.29, 0.717) is 6.29 Å². The van der Waals surface area contributed by atoms with Crippen molar-refractivity contribution >= 4 is 17.3 Å². The van der Waals surface area contributed by atoms with Gasteiger partial charge in [0.2, 0.25) is 0 Å². The molecule has 19 heavy (non-hydrogen) atoms. The zero-order valence-electron chi connectivity index (χ0n) is 10.7. The molecular formula is C14H12N4O. The minimum absolute atomic E-state index is 0.205. The Morgan fingerprint density at radius 1 is 1.21 bits per heavy atom. The van der Waals surface area contributed by atoms with Crippen LogP contribution in [-0.2, 0) is 7.05 Å². The Bertz CT molecular complexity index is 776. The average molecular weight is 252 g/mol. The molecule has 5 heteroatoms. The van der Waals surface area contributed by atoms with E-state index in [2.05, 4.69) is 15.0 Å². The molecule has 0 amide bonds. The molecule has 1 aromatic carbocycles. The van der Waals surface area contributed by atoms with Gasteiger partial charge in [0.05, 0.1) is 23.1 Å². The summed E-state index contributed by atoms with van der Waals surface area (Å²) in [5, 5.41) is 0. The van der Waals surface area contributed by atoms with Crippen molar-refractivity contribution in [1.82, 2.24) is 19.5 Å². The van der Waals surface area contributed by atoms with E-state index in [4.69, 9.17) is 0 Å². The van der Waals surface area contributed by atoms with Crippen molar-refractivity contribution in [1.29, 1.82) is 0 Å². The summed E-state index contributed by atoms with van der Waals surface area (Å²) >= 11 is 0. The number of hydrogen-bond acceptors (Lipinski definition) is 4. The van der Waals surface area contributed by atoms with E-state index < -0.39 is 0 Å². The molecule has 3 rings (SSSR count). The second-order valence-electron chi connectivity index (χ2n) is 4.43. The number of rotatable bonds is 2. The highest BCUT2D eigenvalue weighted by Crippen LogP contribution is 2.22. The zero-order valence-corrected chi connectivity index (χ0v) is 10.7. The van der Waals surface area contributed by atoms with E-state index in [1.807, 2.05) is 42.8 Å². The van der Waals surface area contributed by atoms with Crippen LogP contribution in [0.3, 0.4) is 0 Å². The smallest absolute Gasteiger partial charge is 0.193 e. The van der Waals surface area contributed by atoms with Crippen LogP contribution in [-0.4, -0.2) is 25.8 Å². The van der Waals surface area contributed by atoms with Crippen molar-refractivity contribution in [3.8, 4) is 11.3 Å². The topological polar surface area (TPSA) is 60.7 Å². The van der Waals surface area contributed by atoms with Gasteiger partial charge in [0.25, 0.3) is 0 Å². The van der Waals surface area contributed by atoms with Crippen LogP contribution in [0, 0.1) is 6.92 Å². The molecule has 0 aliphatic carbocycles. The molecule has 2 aromatic heterocycles. The Kier molecular flexibility index (Phi) is 2.59. The van der Waals surface area contributed by atoms with Crippen LogP contribution in [0.5, 0.6) is 0 Å². The van der Waals surface area contributed by atoms with Gasteiger partial charge in [0.1, 0.15) is 0 Å². The summed E-state index contributed by atoms with van der Waals surface area (Å²) in [5.41, 5.74) is 4.41. The Morgan fingerprint density at radius 2 is 2.05 bits per heavy atom. The molecule has 0 radical (unpaired) electrons. The molecule has 0 spiro atoms. The monoisotopic (exact) mass is 252 g/mol. The Balaban J connectivity index is 2.18. The summed E-state index contributed by atoms with van der Waals surface area (Å²) in [4.78, 5) is 23.4. The molecule has 0 aliphatic rings. The summed E-state index contributed by atoms with van der Waals surface area (Å²) in [6.45, 7) is 1.84. The first-order valence-electron chi connectivity index (χ1n) is 5.90. The van der Waals surface area contributed by atoms with Crippen molar-refractivity contribution in [3.63, 3.8) is 0 Å². The lowest BCUT2D eigenvalue weighted by Crippen LogP contribution is -1.97. The molecular weight excluding hydrogens is 240 g/mol. The third-order valence-corrected chi connectivity index (χ3v) is 3.00. The third kappa shape index (κ3) is 1.99. The van der Waals surface area contributed by atoms with E-state index in [9.17, 15) is 4.79 Å². The van der Waals surface area contributed by atoms with E-state index in [1.165, 1.54) is 0 Å². The Morgan fingerprint density at radius 3 is 2.84 bits per heavy atom. The number of benzene rings is 1. The average Bonchev–Trinajstić information content (AvgIpc) is 2.79. The van der Waals surface area contributed by atoms with Crippen LogP contribution < -0.4 is 0 Å². The first kappa shape index (κ1) is 11.5. The van der Waals surface area contributed by atoms with Crippen LogP contribution in [0.1, 0.15) is 16.3 Å². The molecule has 0 aliphatic heterocycles. The van der Waals surface area contributed by atoms with Crippen LogP contribution in [0.15, 0.2) is 30.6 Å². The first-order valence-corrected chi connectivity index (χ1v) is 5.90. The molecule has 0 saturated carbocycles. The maximum Gasteiger partial charge on any atom is 0.193 e. The van der Waals surface area contributed by atoms with Gasteiger partial charge in [-0.1, -0.05) is 6.07 Å². The summed E-state index contributed by atoms with van der Waals surface area (Å²) in [7, 11) is 1.95. The normalized spacial score (nSPS) is 10.8. The van der Waals surface area contributed by atoms with Gasteiger partial charge in [-0.25, -0.2) is 15.0 Å². The van der Waals surface area contributed by atoms with Crippen molar-refractivity contribution in [3.05, 3.63) is 42.1 Å². The lowest BCUT2D eigenvalue weighted by molar-refractivity contribution is 0.111. The number of aryl methyl sites for hydroxylation is 2. The SMILES string of the molecule is Cc1cc(-c2ccc3c(c2)ncn3C)nc(C=O)n1. The number of aromatic nitrogens is 4. The maximum atomic E-state index is 10.8. The number of fused-ring (bicyclic) bond motifs is 1. The van der Waals surface area contributed by atoms with Crippen LogP contribution in [0.2, 0.25) is 0 Å². The fourth-order valence-corrected chi connectivity index (χ4v) is 2.09. The number of imidazole rings is 1. The van der Waals surface area contributed by atoms with Crippen molar-refractivity contribution in [2.24, 2.45) is 7.05 Å². The van der Waals surface area contributed by atoms with Crippen molar-refractivity contribution in [2.45, 2.75) is 6.92 Å². The summed E-state index contributed by atoms with van der Waals surface area (Å²) in [6.07, 6.45) is 2.44. The highest BCUT2D eigenvalue weighted by atomic mass is 16.1. The van der Waals surface area contributed by atoms with E-state index in [1.54, 1.807) is 6.33 Å². The molecule has 0 atom stereocenters. The minimum atomic E-state index is 0.205. The van der Waals surface area contributed by atoms with Crippen LogP contribution in [0.4, 0.5) is 0 Å². The number of hydrogen-bond donors (Lipinski definition) is 0. The number of carbonyl (C=O) groups is 1. The van der Waals surface area contributed by atoms with E-state index in [-0.39, 0.29) is 5.82 Å². The molecule has 94 valence electrons. The molecule has 0 N–H and O–H groups in total. The lowest BCUT2D eigenvalue weighted by Gasteiger charge is -2.03. The van der Waals surface area contributed by atoms with Gasteiger partial charge in [-0.3, -0.25) is 4.79 Å². The first-order chi connectivity index (χ1) is 9.17. The highest BCUT2D eigenvalue weighted by molar-refractivity contribution is 5.81. The van der Waals surface area contributed by atoms with Gasteiger partial charge in [0, 0.05) is 18.3 Å². The molecule has 0 bridgehead atoms. The maximum absolute atomic E-state index is 10.8. The molecule has 2 heterocycles. The standard InChI is InChI=1S/C14H12N4O/c1-9-5-11(17-14(7-19)16-9)10-3-4-13-12(6-10)15-8-18(13)2/h3-8H,1-2H3. The van der Waals surface area contributed by atoms with Crippen molar-refractivity contribution in [2.75, 3.05) is 0 Å². The van der Waals surface area contributed by atoms with Gasteiger partial charge in [-0.05, 0) is 25.1 Å². The fourth-order valence-electron chi connectivity index (χ4n) is 2.09. The van der Waals surface area contributed by atoms with Gasteiger partial charge >= 0.3 is 0 Å². The minimum Gasteiger partial charge on any atom is -0.334 e. The fraction of sp³-hybridized carbons (Fsp3) is 0.143. The number of carbonyl (C=O) groups excluding carboxylic acids is 1. The Hall–Kier alpha value is -2.56. The third-order valence-electron chi connectivity index (χ3n) is 3.00. The molecule has 3 aromatic rings. The molecule has 0 unspecified atom stereocenters.